The molecule has 33 heavy (non-hydrogen) atoms. The largest absolute Gasteiger partial charge is 0.497 e. The Bertz CT molecular complexity index is 1310. The zero-order valence-electron chi connectivity index (χ0n) is 17.9. The lowest BCUT2D eigenvalue weighted by atomic mass is 10.1. The van der Waals surface area contributed by atoms with Gasteiger partial charge < -0.3 is 19.5 Å². The van der Waals surface area contributed by atoms with Gasteiger partial charge in [0, 0.05) is 35.1 Å². The van der Waals surface area contributed by atoms with Crippen molar-refractivity contribution in [3.05, 3.63) is 95.7 Å². The molecule has 2 heterocycles. The molecule has 5 rings (SSSR count). The summed E-state index contributed by atoms with van der Waals surface area (Å²) >= 11 is 0. The van der Waals surface area contributed by atoms with Crippen molar-refractivity contribution in [2.45, 2.75) is 6.42 Å². The van der Waals surface area contributed by atoms with Gasteiger partial charge in [0.25, 0.3) is 11.8 Å². The second-order valence-corrected chi connectivity index (χ2v) is 7.68. The summed E-state index contributed by atoms with van der Waals surface area (Å²) < 4.78 is 10.5. The maximum absolute atomic E-state index is 13.1. The molecule has 1 aromatic heterocycles. The van der Waals surface area contributed by atoms with Gasteiger partial charge in [0.2, 0.25) is 0 Å². The van der Waals surface area contributed by atoms with Crippen LogP contribution in [0.5, 0.6) is 5.75 Å². The molecule has 7 nitrogen and oxygen atoms in total. The van der Waals surface area contributed by atoms with Crippen LogP contribution in [0.15, 0.2) is 83.4 Å². The molecule has 1 aliphatic heterocycles. The highest BCUT2D eigenvalue weighted by Crippen LogP contribution is 2.32. The predicted octanol–water partition coefficient (Wildman–Crippen LogP) is 4.81. The van der Waals surface area contributed by atoms with Crippen molar-refractivity contribution < 1.29 is 18.8 Å². The number of rotatable bonds is 5. The van der Waals surface area contributed by atoms with Crippen molar-refractivity contribution in [3.8, 4) is 17.1 Å². The van der Waals surface area contributed by atoms with Crippen LogP contribution >= 0.6 is 0 Å². The molecule has 0 unspecified atom stereocenters. The van der Waals surface area contributed by atoms with Crippen LogP contribution in [0.1, 0.15) is 26.4 Å². The summed E-state index contributed by atoms with van der Waals surface area (Å²) in [5, 5.41) is 6.75. The Balaban J connectivity index is 1.34. The second kappa shape index (κ2) is 8.63. The molecule has 0 saturated heterocycles. The lowest BCUT2D eigenvalue weighted by Gasteiger charge is -2.18. The highest BCUT2D eigenvalue weighted by Gasteiger charge is 2.26. The molecule has 0 radical (unpaired) electrons. The molecule has 1 N–H and O–H groups in total. The third-order valence-corrected chi connectivity index (χ3v) is 5.62. The quantitative estimate of drug-likeness (QED) is 0.483. The van der Waals surface area contributed by atoms with Gasteiger partial charge in [0.05, 0.1) is 7.11 Å². The molecule has 1 aliphatic rings. The highest BCUT2D eigenvalue weighted by atomic mass is 16.5. The summed E-state index contributed by atoms with van der Waals surface area (Å²) in [5.41, 5.74) is 4.03. The van der Waals surface area contributed by atoms with Gasteiger partial charge in [0.1, 0.15) is 5.75 Å². The third-order valence-electron chi connectivity index (χ3n) is 5.62. The number of amides is 2. The fourth-order valence-electron chi connectivity index (χ4n) is 3.87. The van der Waals surface area contributed by atoms with Crippen molar-refractivity contribution in [2.24, 2.45) is 0 Å². The van der Waals surface area contributed by atoms with Crippen LogP contribution in [0.2, 0.25) is 0 Å². The molecule has 3 aromatic carbocycles. The summed E-state index contributed by atoms with van der Waals surface area (Å²) in [5.74, 6) is 0.739. The first-order chi connectivity index (χ1) is 16.1. The SMILES string of the molecule is COc1ccc(C(=O)N2CCc3ccc(NC(=O)c4cc(-c5ccccc5)on4)cc32)cc1. The molecule has 0 bridgehead atoms. The molecular formula is C26H21N3O4. The number of methoxy groups -OCH3 is 1. The zero-order valence-corrected chi connectivity index (χ0v) is 17.9. The number of nitrogens with one attached hydrogen (secondary N) is 1. The minimum absolute atomic E-state index is 0.0936. The van der Waals surface area contributed by atoms with Crippen LogP contribution in [0.25, 0.3) is 11.3 Å². The number of hydrogen-bond donors (Lipinski definition) is 1. The van der Waals surface area contributed by atoms with Crippen LogP contribution in [-0.4, -0.2) is 30.6 Å². The average Bonchev–Trinajstić information content (AvgIpc) is 3.52. The lowest BCUT2D eigenvalue weighted by molar-refractivity contribution is 0.0987. The van der Waals surface area contributed by atoms with E-state index in [9.17, 15) is 9.59 Å². The fraction of sp³-hybridized carbons (Fsp3) is 0.115. The number of nitrogens with zero attached hydrogens (tertiary/aromatic N) is 2. The normalized spacial score (nSPS) is 12.3. The first kappa shape index (κ1) is 20.5. The first-order valence-electron chi connectivity index (χ1n) is 10.5. The fourth-order valence-corrected chi connectivity index (χ4v) is 3.87. The van der Waals surface area contributed by atoms with Crippen molar-refractivity contribution in [3.63, 3.8) is 0 Å². The summed E-state index contributed by atoms with van der Waals surface area (Å²) in [6.45, 7) is 0.585. The van der Waals surface area contributed by atoms with Gasteiger partial charge in [0.15, 0.2) is 11.5 Å². The van der Waals surface area contributed by atoms with E-state index in [1.165, 1.54) is 0 Å². The van der Waals surface area contributed by atoms with Crippen LogP contribution in [0.3, 0.4) is 0 Å². The van der Waals surface area contributed by atoms with E-state index in [2.05, 4.69) is 10.5 Å². The Labute approximate surface area is 190 Å². The zero-order chi connectivity index (χ0) is 22.8. The third kappa shape index (κ3) is 4.08. The predicted molar refractivity (Wildman–Crippen MR) is 125 cm³/mol. The van der Waals surface area contributed by atoms with Gasteiger partial charge in [-0.15, -0.1) is 0 Å². The monoisotopic (exact) mass is 439 g/mol. The van der Waals surface area contributed by atoms with E-state index < -0.39 is 0 Å². The van der Waals surface area contributed by atoms with Crippen LogP contribution in [0.4, 0.5) is 11.4 Å². The number of carbonyl (C=O) groups excluding carboxylic acids is 2. The van der Waals surface area contributed by atoms with E-state index in [1.54, 1.807) is 42.3 Å². The van der Waals surface area contributed by atoms with Gasteiger partial charge in [-0.05, 0) is 48.4 Å². The molecule has 4 aromatic rings. The number of hydrogen-bond acceptors (Lipinski definition) is 5. The van der Waals surface area contributed by atoms with Crippen molar-refractivity contribution in [2.75, 3.05) is 23.9 Å². The molecule has 164 valence electrons. The van der Waals surface area contributed by atoms with Crippen molar-refractivity contribution >= 4 is 23.2 Å². The highest BCUT2D eigenvalue weighted by molar-refractivity contribution is 6.08. The van der Waals surface area contributed by atoms with Gasteiger partial charge in [-0.1, -0.05) is 41.6 Å². The topological polar surface area (TPSA) is 84.7 Å². The average molecular weight is 439 g/mol. The number of carbonyl (C=O) groups is 2. The summed E-state index contributed by atoms with van der Waals surface area (Å²) in [7, 11) is 1.59. The Kier molecular flexibility index (Phi) is 5.36. The van der Waals surface area contributed by atoms with Gasteiger partial charge in [-0.25, -0.2) is 0 Å². The number of ether oxygens (including phenoxy) is 1. The number of benzene rings is 3. The number of aromatic nitrogens is 1. The van der Waals surface area contributed by atoms with Crippen LogP contribution in [0, 0.1) is 0 Å². The minimum atomic E-state index is -0.382. The molecule has 0 atom stereocenters. The van der Waals surface area contributed by atoms with E-state index >= 15 is 0 Å². The van der Waals surface area contributed by atoms with Crippen molar-refractivity contribution in [1.82, 2.24) is 5.16 Å². The van der Waals surface area contributed by atoms with Crippen LogP contribution in [-0.2, 0) is 6.42 Å². The maximum atomic E-state index is 13.1. The van der Waals surface area contributed by atoms with E-state index in [0.717, 1.165) is 23.2 Å². The summed E-state index contributed by atoms with van der Waals surface area (Å²) in [6.07, 6.45) is 0.759. The summed E-state index contributed by atoms with van der Waals surface area (Å²) in [6, 6.07) is 23.7. The van der Waals surface area contributed by atoms with E-state index in [1.807, 2.05) is 48.5 Å². The van der Waals surface area contributed by atoms with E-state index in [0.29, 0.717) is 29.3 Å². The molecule has 7 heteroatoms. The van der Waals surface area contributed by atoms with Crippen LogP contribution < -0.4 is 15.0 Å². The second-order valence-electron chi connectivity index (χ2n) is 7.68. The summed E-state index contributed by atoms with van der Waals surface area (Å²) in [4.78, 5) is 27.5. The Morgan fingerprint density at radius 1 is 1.00 bits per heavy atom. The Morgan fingerprint density at radius 3 is 2.55 bits per heavy atom. The molecule has 0 aliphatic carbocycles. The smallest absolute Gasteiger partial charge is 0.277 e. The number of anilines is 2. The van der Waals surface area contributed by atoms with Gasteiger partial charge >= 0.3 is 0 Å². The van der Waals surface area contributed by atoms with E-state index in [4.69, 9.17) is 9.26 Å². The van der Waals surface area contributed by atoms with Gasteiger partial charge in [-0.2, -0.15) is 0 Å². The Morgan fingerprint density at radius 2 is 1.79 bits per heavy atom. The van der Waals surface area contributed by atoms with E-state index in [-0.39, 0.29) is 17.5 Å². The lowest BCUT2D eigenvalue weighted by Crippen LogP contribution is -2.28. The maximum Gasteiger partial charge on any atom is 0.277 e. The first-order valence-corrected chi connectivity index (χ1v) is 10.5. The minimum Gasteiger partial charge on any atom is -0.497 e. The molecule has 2 amide bonds. The molecule has 0 spiro atoms. The van der Waals surface area contributed by atoms with Crippen molar-refractivity contribution in [1.29, 1.82) is 0 Å². The molecular weight excluding hydrogens is 418 g/mol. The molecule has 0 saturated carbocycles. The Hall–Kier alpha value is -4.39. The van der Waals surface area contributed by atoms with Gasteiger partial charge in [-0.3, -0.25) is 9.59 Å². The molecule has 0 fully saturated rings. The number of fused-ring (bicyclic) bond motifs is 1. The standard InChI is InChI=1S/C26H21N3O4/c1-32-21-11-8-19(9-12-21)26(31)29-14-13-17-7-10-20(15-23(17)29)27-25(30)22-16-24(33-28-22)18-5-3-2-4-6-18/h2-12,15-16H,13-14H2,1H3,(H,27,30).